The van der Waals surface area contributed by atoms with Gasteiger partial charge in [-0.1, -0.05) is 18.2 Å². The highest BCUT2D eigenvalue weighted by atomic mass is 79.9. The van der Waals surface area contributed by atoms with Gasteiger partial charge in [0.25, 0.3) is 5.91 Å². The van der Waals surface area contributed by atoms with Crippen molar-refractivity contribution in [3.63, 3.8) is 0 Å². The fraction of sp³-hybridized carbons (Fsp3) is 0.188. The van der Waals surface area contributed by atoms with Gasteiger partial charge in [0, 0.05) is 18.1 Å². The summed E-state index contributed by atoms with van der Waals surface area (Å²) in [6.07, 6.45) is 0. The first-order valence-electron chi connectivity index (χ1n) is 6.23. The Labute approximate surface area is 126 Å². The van der Waals surface area contributed by atoms with Gasteiger partial charge in [-0.25, -0.2) is 4.39 Å². The molecule has 0 aliphatic rings. The fourth-order valence-electron chi connectivity index (χ4n) is 1.98. The quantitative estimate of drug-likeness (QED) is 0.824. The van der Waals surface area contributed by atoms with Crippen LogP contribution in [0.2, 0.25) is 0 Å². The van der Waals surface area contributed by atoms with E-state index in [-0.39, 0.29) is 11.7 Å². The smallest absolute Gasteiger partial charge is 0.255 e. The van der Waals surface area contributed by atoms with Crippen LogP contribution in [0.4, 0.5) is 4.39 Å². The SMILES string of the molecule is Cc1ccc(C(=O)N(C)Cc2cccc(F)c2)c(Br)c1. The van der Waals surface area contributed by atoms with Crippen molar-refractivity contribution in [1.82, 2.24) is 4.90 Å². The molecule has 0 unspecified atom stereocenters. The van der Waals surface area contributed by atoms with E-state index in [0.29, 0.717) is 12.1 Å². The molecule has 0 aliphatic carbocycles. The van der Waals surface area contributed by atoms with Gasteiger partial charge in [0.1, 0.15) is 5.82 Å². The molecule has 4 heteroatoms. The summed E-state index contributed by atoms with van der Waals surface area (Å²) < 4.78 is 13.9. The van der Waals surface area contributed by atoms with Crippen molar-refractivity contribution in [2.45, 2.75) is 13.5 Å². The van der Waals surface area contributed by atoms with Crippen molar-refractivity contribution in [2.24, 2.45) is 0 Å². The van der Waals surface area contributed by atoms with Crippen molar-refractivity contribution in [2.75, 3.05) is 7.05 Å². The highest BCUT2D eigenvalue weighted by Gasteiger charge is 2.15. The Morgan fingerprint density at radius 2 is 2.00 bits per heavy atom. The third-order valence-corrected chi connectivity index (χ3v) is 3.67. The second-order valence-corrected chi connectivity index (χ2v) is 5.63. The molecule has 0 fully saturated rings. The molecule has 0 bridgehead atoms. The summed E-state index contributed by atoms with van der Waals surface area (Å²) in [5, 5.41) is 0. The molecule has 0 saturated carbocycles. The van der Waals surface area contributed by atoms with Crippen LogP contribution in [0.5, 0.6) is 0 Å². The first-order chi connectivity index (χ1) is 9.47. The van der Waals surface area contributed by atoms with Crippen LogP contribution in [-0.2, 0) is 6.54 Å². The molecule has 2 aromatic carbocycles. The number of hydrogen-bond acceptors (Lipinski definition) is 1. The summed E-state index contributed by atoms with van der Waals surface area (Å²) >= 11 is 3.41. The van der Waals surface area contributed by atoms with Gasteiger partial charge in [0.05, 0.1) is 5.56 Å². The van der Waals surface area contributed by atoms with E-state index in [4.69, 9.17) is 0 Å². The van der Waals surface area contributed by atoms with E-state index < -0.39 is 0 Å². The molecule has 2 nitrogen and oxygen atoms in total. The zero-order valence-electron chi connectivity index (χ0n) is 11.4. The number of halogens is 2. The monoisotopic (exact) mass is 335 g/mol. The van der Waals surface area contributed by atoms with Gasteiger partial charge in [0.15, 0.2) is 0 Å². The summed E-state index contributed by atoms with van der Waals surface area (Å²) in [4.78, 5) is 13.9. The molecule has 0 aliphatic heterocycles. The van der Waals surface area contributed by atoms with Crippen LogP contribution in [-0.4, -0.2) is 17.9 Å². The first-order valence-corrected chi connectivity index (χ1v) is 7.03. The van der Waals surface area contributed by atoms with Gasteiger partial charge in [-0.15, -0.1) is 0 Å². The lowest BCUT2D eigenvalue weighted by Gasteiger charge is -2.18. The lowest BCUT2D eigenvalue weighted by Crippen LogP contribution is -2.26. The Morgan fingerprint density at radius 1 is 1.25 bits per heavy atom. The normalized spacial score (nSPS) is 10.4. The Hall–Kier alpha value is -1.68. The molecule has 104 valence electrons. The van der Waals surface area contributed by atoms with E-state index in [9.17, 15) is 9.18 Å². The molecule has 0 heterocycles. The number of amides is 1. The van der Waals surface area contributed by atoms with Crippen LogP contribution in [0, 0.1) is 12.7 Å². The third-order valence-electron chi connectivity index (χ3n) is 3.01. The first kappa shape index (κ1) is 14.7. The molecule has 0 saturated heterocycles. The second-order valence-electron chi connectivity index (χ2n) is 4.77. The lowest BCUT2D eigenvalue weighted by molar-refractivity contribution is 0.0784. The van der Waals surface area contributed by atoms with Gasteiger partial charge in [0.2, 0.25) is 0 Å². The van der Waals surface area contributed by atoms with E-state index in [0.717, 1.165) is 15.6 Å². The van der Waals surface area contributed by atoms with Crippen LogP contribution in [0.25, 0.3) is 0 Å². The van der Waals surface area contributed by atoms with Gasteiger partial charge in [-0.2, -0.15) is 0 Å². The van der Waals surface area contributed by atoms with Crippen molar-refractivity contribution in [3.8, 4) is 0 Å². The molecule has 1 amide bonds. The summed E-state index contributed by atoms with van der Waals surface area (Å²) in [6.45, 7) is 2.34. The predicted octanol–water partition coefficient (Wildman–Crippen LogP) is 4.17. The average molecular weight is 336 g/mol. The molecule has 0 aromatic heterocycles. The molecular formula is C16H15BrFNO. The minimum Gasteiger partial charge on any atom is -0.337 e. The van der Waals surface area contributed by atoms with Gasteiger partial charge in [-0.3, -0.25) is 4.79 Å². The predicted molar refractivity (Wildman–Crippen MR) is 81.1 cm³/mol. The Bertz CT molecular complexity index is 642. The van der Waals surface area contributed by atoms with Crippen molar-refractivity contribution >= 4 is 21.8 Å². The standard InChI is InChI=1S/C16H15BrFNO/c1-11-6-7-14(15(17)8-11)16(20)19(2)10-12-4-3-5-13(18)9-12/h3-9H,10H2,1-2H3. The van der Waals surface area contributed by atoms with Crippen molar-refractivity contribution < 1.29 is 9.18 Å². The molecular weight excluding hydrogens is 321 g/mol. The number of rotatable bonds is 3. The van der Waals surface area contributed by atoms with E-state index in [1.165, 1.54) is 12.1 Å². The zero-order valence-corrected chi connectivity index (χ0v) is 12.9. The van der Waals surface area contributed by atoms with Crippen LogP contribution < -0.4 is 0 Å². The molecule has 0 radical (unpaired) electrons. The highest BCUT2D eigenvalue weighted by Crippen LogP contribution is 2.20. The minimum atomic E-state index is -0.292. The van der Waals surface area contributed by atoms with Crippen LogP contribution in [0.1, 0.15) is 21.5 Å². The molecule has 2 rings (SSSR count). The molecule has 20 heavy (non-hydrogen) atoms. The Morgan fingerprint density at radius 3 is 2.65 bits per heavy atom. The maximum absolute atomic E-state index is 13.1. The van der Waals surface area contributed by atoms with E-state index in [1.54, 1.807) is 30.1 Å². The number of aryl methyl sites for hydroxylation is 1. The summed E-state index contributed by atoms with van der Waals surface area (Å²) in [6, 6.07) is 11.9. The van der Waals surface area contributed by atoms with E-state index in [2.05, 4.69) is 15.9 Å². The maximum Gasteiger partial charge on any atom is 0.255 e. The lowest BCUT2D eigenvalue weighted by atomic mass is 10.1. The largest absolute Gasteiger partial charge is 0.337 e. The summed E-state index contributed by atoms with van der Waals surface area (Å²) in [5.41, 5.74) is 2.46. The fourth-order valence-corrected chi connectivity index (χ4v) is 2.64. The number of hydrogen-bond donors (Lipinski definition) is 0. The summed E-state index contributed by atoms with van der Waals surface area (Å²) in [7, 11) is 1.71. The Balaban J connectivity index is 2.16. The maximum atomic E-state index is 13.1. The van der Waals surface area contributed by atoms with Crippen molar-refractivity contribution in [3.05, 3.63) is 69.4 Å². The molecule has 0 atom stereocenters. The number of nitrogens with zero attached hydrogens (tertiary/aromatic N) is 1. The number of carbonyl (C=O) groups is 1. The van der Waals surface area contributed by atoms with Gasteiger partial charge >= 0.3 is 0 Å². The molecule has 0 spiro atoms. The highest BCUT2D eigenvalue weighted by molar-refractivity contribution is 9.10. The van der Waals surface area contributed by atoms with E-state index in [1.807, 2.05) is 19.1 Å². The molecule has 2 aromatic rings. The van der Waals surface area contributed by atoms with Crippen molar-refractivity contribution in [1.29, 1.82) is 0 Å². The van der Waals surface area contributed by atoms with Gasteiger partial charge < -0.3 is 4.90 Å². The summed E-state index contributed by atoms with van der Waals surface area (Å²) in [5.74, 6) is -0.388. The topological polar surface area (TPSA) is 20.3 Å². The van der Waals surface area contributed by atoms with Crippen LogP contribution >= 0.6 is 15.9 Å². The number of carbonyl (C=O) groups excluding carboxylic acids is 1. The third kappa shape index (κ3) is 3.45. The van der Waals surface area contributed by atoms with Crippen LogP contribution in [0.3, 0.4) is 0 Å². The zero-order chi connectivity index (χ0) is 14.7. The second kappa shape index (κ2) is 6.18. The average Bonchev–Trinajstić information content (AvgIpc) is 2.38. The minimum absolute atomic E-state index is 0.0962. The molecule has 0 N–H and O–H groups in total. The van der Waals surface area contributed by atoms with E-state index >= 15 is 0 Å². The van der Waals surface area contributed by atoms with Crippen LogP contribution in [0.15, 0.2) is 46.9 Å². The van der Waals surface area contributed by atoms with Gasteiger partial charge in [-0.05, 0) is 58.2 Å². The Kier molecular flexibility index (Phi) is 4.55. The number of benzene rings is 2.